The Balaban J connectivity index is 2.17. The maximum atomic E-state index is 6.28. The van der Waals surface area contributed by atoms with Crippen molar-refractivity contribution in [2.24, 2.45) is 0 Å². The largest absolute Gasteiger partial charge is 0.413 e. The van der Waals surface area contributed by atoms with Crippen LogP contribution in [0.2, 0.25) is 18.1 Å². The highest BCUT2D eigenvalue weighted by Crippen LogP contribution is 2.37. The van der Waals surface area contributed by atoms with Gasteiger partial charge in [0.25, 0.3) is 0 Å². The molecule has 0 radical (unpaired) electrons. The molecule has 2 aromatic carbocycles. The molecule has 0 heterocycles. The zero-order valence-corrected chi connectivity index (χ0v) is 15.5. The van der Waals surface area contributed by atoms with Crippen molar-refractivity contribution in [3.05, 3.63) is 46.4 Å². The summed E-state index contributed by atoms with van der Waals surface area (Å²) in [6.45, 7) is 12.1. The van der Waals surface area contributed by atoms with E-state index in [2.05, 4.69) is 86.2 Å². The van der Waals surface area contributed by atoms with E-state index in [4.69, 9.17) is 4.43 Å². The van der Waals surface area contributed by atoms with Crippen LogP contribution in [0.15, 0.2) is 40.9 Å². The quantitative estimate of drug-likeness (QED) is 0.605. The smallest absolute Gasteiger partial charge is 0.192 e. The lowest BCUT2D eigenvalue weighted by molar-refractivity contribution is 0.276. The van der Waals surface area contributed by atoms with Crippen LogP contribution in [0.25, 0.3) is 10.8 Å². The van der Waals surface area contributed by atoms with Crippen molar-refractivity contribution in [1.82, 2.24) is 0 Å². The first kappa shape index (κ1) is 15.7. The van der Waals surface area contributed by atoms with E-state index in [1.165, 1.54) is 16.3 Å². The second kappa shape index (κ2) is 5.62. The Morgan fingerprint density at radius 1 is 1.00 bits per heavy atom. The molecule has 20 heavy (non-hydrogen) atoms. The molecule has 0 saturated heterocycles. The first-order valence-electron chi connectivity index (χ1n) is 7.01. The SMILES string of the molecule is CC(C)(C)[Si](C)(C)OCc1ccc2cc(Br)ccc2c1. The summed E-state index contributed by atoms with van der Waals surface area (Å²) in [5.74, 6) is 0. The van der Waals surface area contributed by atoms with Crippen molar-refractivity contribution in [3.8, 4) is 0 Å². The Morgan fingerprint density at radius 3 is 2.25 bits per heavy atom. The van der Waals surface area contributed by atoms with Crippen LogP contribution in [-0.4, -0.2) is 8.32 Å². The van der Waals surface area contributed by atoms with Gasteiger partial charge in [0.1, 0.15) is 0 Å². The van der Waals surface area contributed by atoms with E-state index in [9.17, 15) is 0 Å². The Bertz CT molecular complexity index is 614. The van der Waals surface area contributed by atoms with Crippen LogP contribution in [0, 0.1) is 0 Å². The van der Waals surface area contributed by atoms with E-state index in [-0.39, 0.29) is 5.04 Å². The summed E-state index contributed by atoms with van der Waals surface area (Å²) in [6, 6.07) is 12.9. The number of hydrogen-bond acceptors (Lipinski definition) is 1. The van der Waals surface area contributed by atoms with E-state index in [0.29, 0.717) is 6.61 Å². The lowest BCUT2D eigenvalue weighted by atomic mass is 10.1. The topological polar surface area (TPSA) is 9.23 Å². The maximum absolute atomic E-state index is 6.28. The van der Waals surface area contributed by atoms with Crippen molar-refractivity contribution in [2.75, 3.05) is 0 Å². The summed E-state index contributed by atoms with van der Waals surface area (Å²) in [4.78, 5) is 0. The van der Waals surface area contributed by atoms with Gasteiger partial charge in [0, 0.05) is 4.47 Å². The molecule has 0 saturated carbocycles. The number of rotatable bonds is 3. The highest BCUT2D eigenvalue weighted by Gasteiger charge is 2.36. The molecule has 2 rings (SSSR count). The van der Waals surface area contributed by atoms with E-state index in [1.54, 1.807) is 0 Å². The van der Waals surface area contributed by atoms with E-state index < -0.39 is 8.32 Å². The van der Waals surface area contributed by atoms with Crippen molar-refractivity contribution in [3.63, 3.8) is 0 Å². The molecule has 0 aromatic heterocycles. The minimum Gasteiger partial charge on any atom is -0.413 e. The first-order chi connectivity index (χ1) is 9.19. The van der Waals surface area contributed by atoms with E-state index >= 15 is 0 Å². The normalized spacial score (nSPS) is 12.9. The number of hydrogen-bond donors (Lipinski definition) is 0. The molecule has 2 aromatic rings. The highest BCUT2D eigenvalue weighted by molar-refractivity contribution is 9.10. The monoisotopic (exact) mass is 350 g/mol. The average molecular weight is 351 g/mol. The van der Waals surface area contributed by atoms with Crippen molar-refractivity contribution in [1.29, 1.82) is 0 Å². The molecule has 0 spiro atoms. The lowest BCUT2D eigenvalue weighted by Crippen LogP contribution is -2.40. The maximum Gasteiger partial charge on any atom is 0.192 e. The molecular formula is C17H23BrOSi. The Hall–Kier alpha value is -0.643. The first-order valence-corrected chi connectivity index (χ1v) is 10.7. The number of fused-ring (bicyclic) bond motifs is 1. The molecule has 0 bridgehead atoms. The van der Waals surface area contributed by atoms with Gasteiger partial charge < -0.3 is 4.43 Å². The Kier molecular flexibility index (Phi) is 4.43. The number of halogens is 1. The molecule has 0 fully saturated rings. The van der Waals surface area contributed by atoms with Gasteiger partial charge in [-0.05, 0) is 52.7 Å². The van der Waals surface area contributed by atoms with Gasteiger partial charge in [0.15, 0.2) is 8.32 Å². The number of benzene rings is 2. The Morgan fingerprint density at radius 2 is 1.60 bits per heavy atom. The van der Waals surface area contributed by atoms with Gasteiger partial charge in [0.05, 0.1) is 6.61 Å². The summed E-state index contributed by atoms with van der Waals surface area (Å²) in [7, 11) is -1.67. The fraction of sp³-hybridized carbons (Fsp3) is 0.412. The fourth-order valence-corrected chi connectivity index (χ4v) is 3.18. The average Bonchev–Trinajstić information content (AvgIpc) is 2.35. The summed E-state index contributed by atoms with van der Waals surface area (Å²) < 4.78 is 7.40. The molecule has 0 unspecified atom stereocenters. The third-order valence-corrected chi connectivity index (χ3v) is 9.24. The molecule has 0 atom stereocenters. The molecule has 0 aliphatic rings. The molecule has 0 aliphatic carbocycles. The van der Waals surface area contributed by atoms with Gasteiger partial charge in [-0.3, -0.25) is 0 Å². The van der Waals surface area contributed by atoms with E-state index in [0.717, 1.165) is 4.47 Å². The van der Waals surface area contributed by atoms with Crippen LogP contribution in [0.1, 0.15) is 26.3 Å². The van der Waals surface area contributed by atoms with Crippen LogP contribution in [0.4, 0.5) is 0 Å². The summed E-state index contributed by atoms with van der Waals surface area (Å²) in [5, 5.41) is 2.79. The van der Waals surface area contributed by atoms with Crippen molar-refractivity contribution < 1.29 is 4.43 Å². The highest BCUT2D eigenvalue weighted by atomic mass is 79.9. The molecular weight excluding hydrogens is 328 g/mol. The standard InChI is InChI=1S/C17H23BrOSi/c1-17(2,3)20(4,5)19-12-13-6-7-15-11-16(18)9-8-14(15)10-13/h6-11H,12H2,1-5H3. The zero-order chi connectivity index (χ0) is 15.0. The van der Waals surface area contributed by atoms with Crippen LogP contribution in [0.5, 0.6) is 0 Å². The van der Waals surface area contributed by atoms with Crippen molar-refractivity contribution in [2.45, 2.75) is 45.5 Å². The van der Waals surface area contributed by atoms with Crippen LogP contribution in [0.3, 0.4) is 0 Å². The summed E-state index contributed by atoms with van der Waals surface area (Å²) in [5.41, 5.74) is 1.25. The minimum absolute atomic E-state index is 0.259. The third kappa shape index (κ3) is 3.51. The summed E-state index contributed by atoms with van der Waals surface area (Å²) >= 11 is 3.51. The van der Waals surface area contributed by atoms with Gasteiger partial charge >= 0.3 is 0 Å². The molecule has 108 valence electrons. The molecule has 0 amide bonds. The minimum atomic E-state index is -1.67. The molecule has 3 heteroatoms. The van der Waals surface area contributed by atoms with Crippen LogP contribution in [-0.2, 0) is 11.0 Å². The van der Waals surface area contributed by atoms with Gasteiger partial charge in [-0.25, -0.2) is 0 Å². The van der Waals surface area contributed by atoms with Gasteiger partial charge in [0.2, 0.25) is 0 Å². The molecule has 0 N–H and O–H groups in total. The van der Waals surface area contributed by atoms with Gasteiger partial charge in [-0.15, -0.1) is 0 Å². The van der Waals surface area contributed by atoms with E-state index in [1.807, 2.05) is 0 Å². The zero-order valence-electron chi connectivity index (χ0n) is 13.0. The fourth-order valence-electron chi connectivity index (χ4n) is 1.84. The molecule has 0 aliphatic heterocycles. The second-order valence-electron chi connectivity index (χ2n) is 6.87. The van der Waals surface area contributed by atoms with Gasteiger partial charge in [-0.2, -0.15) is 0 Å². The van der Waals surface area contributed by atoms with Gasteiger partial charge in [-0.1, -0.05) is 54.9 Å². The predicted octanol–water partition coefficient (Wildman–Crippen LogP) is 6.12. The summed E-state index contributed by atoms with van der Waals surface area (Å²) in [6.07, 6.45) is 0. The molecule has 1 nitrogen and oxygen atoms in total. The Labute approximate surface area is 131 Å². The van der Waals surface area contributed by atoms with Crippen molar-refractivity contribution >= 4 is 35.0 Å². The third-order valence-electron chi connectivity index (χ3n) is 4.27. The lowest BCUT2D eigenvalue weighted by Gasteiger charge is -2.36. The predicted molar refractivity (Wildman–Crippen MR) is 93.6 cm³/mol. The van der Waals surface area contributed by atoms with Crippen LogP contribution >= 0.6 is 15.9 Å². The second-order valence-corrected chi connectivity index (χ2v) is 12.6. The van der Waals surface area contributed by atoms with Crippen LogP contribution < -0.4 is 0 Å².